The van der Waals surface area contributed by atoms with Gasteiger partial charge >= 0.3 is 47.9 Å². The summed E-state index contributed by atoms with van der Waals surface area (Å²) in [6.45, 7) is 2.23. The van der Waals surface area contributed by atoms with Crippen LogP contribution in [0.3, 0.4) is 0 Å². The van der Waals surface area contributed by atoms with Gasteiger partial charge in [-0.15, -0.1) is 0 Å². The molecule has 0 fully saturated rings. The van der Waals surface area contributed by atoms with E-state index in [-0.39, 0.29) is 43.5 Å². The summed E-state index contributed by atoms with van der Waals surface area (Å²) in [5.41, 5.74) is 0. The van der Waals surface area contributed by atoms with Crippen molar-refractivity contribution in [2.45, 2.75) is 71.1 Å². The van der Waals surface area contributed by atoms with Crippen LogP contribution in [0.1, 0.15) is 71.1 Å². The average Bonchev–Trinajstić information content (AvgIpc) is 2.49. The summed E-state index contributed by atoms with van der Waals surface area (Å²) in [5.74, 6) is 0.507. The third-order valence-electron chi connectivity index (χ3n) is 3.71. The van der Waals surface area contributed by atoms with Crippen molar-refractivity contribution in [1.29, 1.82) is 0 Å². The van der Waals surface area contributed by atoms with Crippen molar-refractivity contribution in [2.24, 2.45) is 0 Å². The molecule has 1 aromatic carbocycles. The van der Waals surface area contributed by atoms with E-state index in [0.29, 0.717) is 12.2 Å². The summed E-state index contributed by atoms with van der Waals surface area (Å²) in [6.07, 6.45) is 11.9. The van der Waals surface area contributed by atoms with Gasteiger partial charge in [-0.25, -0.2) is 0 Å². The molecule has 0 spiro atoms. The van der Waals surface area contributed by atoms with Gasteiger partial charge in [0.05, 0.1) is 5.75 Å². The van der Waals surface area contributed by atoms with Crippen LogP contribution >= 0.6 is 0 Å². The molecule has 0 N–H and O–H groups in total. The van der Waals surface area contributed by atoms with Gasteiger partial charge in [0, 0.05) is 0 Å². The van der Waals surface area contributed by atoms with Crippen LogP contribution in [0.5, 0.6) is 5.75 Å². The van der Waals surface area contributed by atoms with E-state index in [9.17, 15) is 8.42 Å². The number of rotatable bonds is 13. The van der Waals surface area contributed by atoms with Gasteiger partial charge in [-0.1, -0.05) is 82.9 Å². The Labute approximate surface area is 172 Å². The molecule has 130 valence electrons. The third-order valence-corrected chi connectivity index (χ3v) is 4.95. The van der Waals surface area contributed by atoms with Gasteiger partial charge in [0.15, 0.2) is 0 Å². The number of unbranched alkanes of at least 4 members (excludes halogenated alkanes) is 9. The van der Waals surface area contributed by atoms with Gasteiger partial charge in [-0.3, -0.25) is 0 Å². The second-order valence-electron chi connectivity index (χ2n) is 5.84. The number of para-hydroxylation sites is 1. The minimum atomic E-state index is -3.44. The Balaban J connectivity index is 0.00000484. The monoisotopic (exact) mass is 368 g/mol. The summed E-state index contributed by atoms with van der Waals surface area (Å²) in [4.78, 5) is 0. The van der Waals surface area contributed by atoms with E-state index in [0.717, 1.165) is 12.8 Å². The topological polar surface area (TPSA) is 43.4 Å². The Hall–Kier alpha value is 0.230. The molecule has 0 radical (unpaired) electrons. The summed E-state index contributed by atoms with van der Waals surface area (Å²) in [7, 11) is -3.44. The van der Waals surface area contributed by atoms with Gasteiger partial charge in [-0.05, 0) is 18.6 Å². The predicted molar refractivity (Wildman–Crippen MR) is 101 cm³/mol. The zero-order valence-corrected chi connectivity index (χ0v) is 14.6. The molecule has 0 heterocycles. The molecule has 0 aliphatic carbocycles. The fourth-order valence-electron chi connectivity index (χ4n) is 2.43. The number of hydrogen-bond acceptors (Lipinski definition) is 3. The summed E-state index contributed by atoms with van der Waals surface area (Å²) >= 11 is 0. The Morgan fingerprint density at radius 3 is 1.78 bits per heavy atom. The fraction of sp³-hybridized carbons (Fsp3) is 0.667. The Morgan fingerprint density at radius 2 is 1.26 bits per heavy atom. The number of benzene rings is 1. The van der Waals surface area contributed by atoms with Gasteiger partial charge in [0.2, 0.25) is 0 Å². The Bertz CT molecular complexity index is 474. The van der Waals surface area contributed by atoms with Crippen molar-refractivity contribution in [3.63, 3.8) is 0 Å². The average molecular weight is 369 g/mol. The van der Waals surface area contributed by atoms with Crippen LogP contribution in [-0.4, -0.2) is 51.9 Å². The van der Waals surface area contributed by atoms with Crippen LogP contribution in [0, 0.1) is 0 Å². The van der Waals surface area contributed by atoms with E-state index in [1.165, 1.54) is 44.9 Å². The first-order chi connectivity index (χ1) is 10.6. The van der Waals surface area contributed by atoms with Gasteiger partial charge in [-0.2, -0.15) is 8.42 Å². The predicted octanol–water partition coefficient (Wildman–Crippen LogP) is 4.40. The van der Waals surface area contributed by atoms with Crippen molar-refractivity contribution < 1.29 is 12.6 Å². The van der Waals surface area contributed by atoms with Gasteiger partial charge in [0.1, 0.15) is 5.75 Å². The molecule has 1 rings (SSSR count). The Morgan fingerprint density at radius 1 is 0.783 bits per heavy atom. The standard InChI is InChI=1S/C18H30O3S.Ca.2H/c1-2-3-4-5-6-7-8-9-10-14-17-22(19,20)21-18-15-12-11-13-16-18;;;/h11-13,15-16H,2-10,14,17H2,1H3;;;. The van der Waals surface area contributed by atoms with Crippen LogP contribution < -0.4 is 4.18 Å². The van der Waals surface area contributed by atoms with E-state index in [2.05, 4.69) is 6.92 Å². The first-order valence-corrected chi connectivity index (χ1v) is 10.2. The van der Waals surface area contributed by atoms with Crippen molar-refractivity contribution >= 4 is 47.9 Å². The molecule has 1 aromatic rings. The molecule has 0 aliphatic rings. The van der Waals surface area contributed by atoms with Crippen LogP contribution in [0.15, 0.2) is 30.3 Å². The molecule has 0 bridgehead atoms. The molecular formula is C18H32CaO3S. The maximum absolute atomic E-state index is 11.8. The third kappa shape index (κ3) is 13.2. The van der Waals surface area contributed by atoms with E-state index in [4.69, 9.17) is 4.18 Å². The second-order valence-corrected chi connectivity index (χ2v) is 7.53. The molecule has 23 heavy (non-hydrogen) atoms. The molecule has 0 saturated carbocycles. The molecular weight excluding hydrogens is 336 g/mol. The van der Waals surface area contributed by atoms with Crippen molar-refractivity contribution in [1.82, 2.24) is 0 Å². The van der Waals surface area contributed by atoms with E-state index < -0.39 is 10.1 Å². The quantitative estimate of drug-likeness (QED) is 0.294. The summed E-state index contributed by atoms with van der Waals surface area (Å²) in [6, 6.07) is 8.70. The Kier molecular flexibility index (Phi) is 14.7. The zero-order valence-electron chi connectivity index (χ0n) is 13.8. The maximum atomic E-state index is 11.8. The molecule has 0 amide bonds. The van der Waals surface area contributed by atoms with E-state index >= 15 is 0 Å². The second kappa shape index (κ2) is 14.6. The first-order valence-electron chi connectivity index (χ1n) is 8.61. The van der Waals surface area contributed by atoms with Crippen LogP contribution in [0.4, 0.5) is 0 Å². The molecule has 0 aliphatic heterocycles. The van der Waals surface area contributed by atoms with Crippen molar-refractivity contribution in [3.05, 3.63) is 30.3 Å². The van der Waals surface area contributed by atoms with E-state index in [1.807, 2.05) is 6.07 Å². The molecule has 3 nitrogen and oxygen atoms in total. The van der Waals surface area contributed by atoms with Crippen LogP contribution in [-0.2, 0) is 10.1 Å². The van der Waals surface area contributed by atoms with Crippen molar-refractivity contribution in [3.8, 4) is 5.75 Å². The summed E-state index contributed by atoms with van der Waals surface area (Å²) in [5, 5.41) is 0. The number of hydrogen-bond donors (Lipinski definition) is 0. The molecule has 5 heteroatoms. The van der Waals surface area contributed by atoms with Crippen LogP contribution in [0.2, 0.25) is 0 Å². The van der Waals surface area contributed by atoms with Crippen LogP contribution in [0.25, 0.3) is 0 Å². The molecule has 0 aromatic heterocycles. The normalized spacial score (nSPS) is 11.0. The summed E-state index contributed by atoms with van der Waals surface area (Å²) < 4.78 is 28.7. The minimum absolute atomic E-state index is 0. The zero-order chi connectivity index (χ0) is 16.1. The fourth-order valence-corrected chi connectivity index (χ4v) is 3.48. The molecule has 0 saturated heterocycles. The van der Waals surface area contributed by atoms with Gasteiger partial charge < -0.3 is 4.18 Å². The van der Waals surface area contributed by atoms with E-state index in [1.54, 1.807) is 24.3 Å². The van der Waals surface area contributed by atoms with Gasteiger partial charge in [0.25, 0.3) is 0 Å². The molecule has 0 unspecified atom stereocenters. The first kappa shape index (κ1) is 23.2. The molecule has 0 atom stereocenters. The van der Waals surface area contributed by atoms with Crippen molar-refractivity contribution in [2.75, 3.05) is 5.75 Å². The SMILES string of the molecule is CCCCCCCCCCCCS(=O)(=O)Oc1ccccc1.[CaH2].